The smallest absolute Gasteiger partial charge is 0.314 e. The maximum absolute atomic E-state index is 12.6. The molecule has 0 radical (unpaired) electrons. The van der Waals surface area contributed by atoms with Crippen LogP contribution in [0.15, 0.2) is 24.3 Å². The molecule has 0 bridgehead atoms. The van der Waals surface area contributed by atoms with Crippen molar-refractivity contribution in [3.05, 3.63) is 24.3 Å². The van der Waals surface area contributed by atoms with E-state index in [1.807, 2.05) is 6.92 Å². The van der Waals surface area contributed by atoms with Crippen LogP contribution in [0.5, 0.6) is 11.5 Å². The molecule has 30 heavy (non-hydrogen) atoms. The highest BCUT2D eigenvalue weighted by molar-refractivity contribution is 5.75. The van der Waals surface area contributed by atoms with Crippen LogP contribution in [-0.2, 0) is 9.59 Å². The molecule has 0 aromatic heterocycles. The van der Waals surface area contributed by atoms with E-state index in [1.54, 1.807) is 24.3 Å². The number of hydrogen-bond donors (Lipinski definition) is 0. The molecule has 0 saturated heterocycles. The molecule has 4 heteroatoms. The predicted molar refractivity (Wildman–Crippen MR) is 118 cm³/mol. The molecule has 0 heterocycles. The summed E-state index contributed by atoms with van der Waals surface area (Å²) in [7, 11) is 0. The van der Waals surface area contributed by atoms with Crippen molar-refractivity contribution >= 4 is 11.9 Å². The van der Waals surface area contributed by atoms with E-state index in [0.717, 1.165) is 56.3 Å². The third-order valence-corrected chi connectivity index (χ3v) is 7.25. The maximum Gasteiger partial charge on any atom is 0.314 e. The lowest BCUT2D eigenvalue weighted by Gasteiger charge is -2.37. The van der Waals surface area contributed by atoms with Gasteiger partial charge in [-0.05, 0) is 87.0 Å². The zero-order valence-corrected chi connectivity index (χ0v) is 18.7. The fourth-order valence-electron chi connectivity index (χ4n) is 5.17. The summed E-state index contributed by atoms with van der Waals surface area (Å²) in [5.41, 5.74) is 0. The Kier molecular flexibility index (Phi) is 8.77. The molecule has 4 nitrogen and oxygen atoms in total. The number of carbonyl (C=O) groups excluding carboxylic acids is 2. The fourth-order valence-corrected chi connectivity index (χ4v) is 5.17. The minimum atomic E-state index is -0.221. The zero-order valence-electron chi connectivity index (χ0n) is 18.7. The van der Waals surface area contributed by atoms with E-state index in [9.17, 15) is 9.59 Å². The molecule has 0 N–H and O–H groups in total. The number of ether oxygens (including phenoxy) is 2. The third-order valence-electron chi connectivity index (χ3n) is 7.25. The van der Waals surface area contributed by atoms with Crippen LogP contribution in [0.1, 0.15) is 90.9 Å². The summed E-state index contributed by atoms with van der Waals surface area (Å²) in [6.45, 7) is 4.36. The van der Waals surface area contributed by atoms with Crippen molar-refractivity contribution in [1.29, 1.82) is 0 Å². The van der Waals surface area contributed by atoms with E-state index >= 15 is 0 Å². The lowest BCUT2D eigenvalue weighted by Crippen LogP contribution is -2.30. The molecule has 2 aliphatic rings. The topological polar surface area (TPSA) is 52.6 Å². The molecule has 0 amide bonds. The van der Waals surface area contributed by atoms with Gasteiger partial charge in [0.05, 0.1) is 5.92 Å². The maximum atomic E-state index is 12.6. The van der Waals surface area contributed by atoms with E-state index in [2.05, 4.69) is 6.92 Å². The van der Waals surface area contributed by atoms with Crippen molar-refractivity contribution in [2.24, 2.45) is 23.7 Å². The molecule has 2 aliphatic carbocycles. The normalized spacial score (nSPS) is 26.7. The van der Waals surface area contributed by atoms with Crippen molar-refractivity contribution in [3.8, 4) is 11.5 Å². The Morgan fingerprint density at radius 1 is 0.800 bits per heavy atom. The third kappa shape index (κ3) is 6.58. The first kappa shape index (κ1) is 22.8. The standard InChI is InChI=1S/C26H38O4/c1-3-5-6-25(27)29-23-15-17-24(18-16-23)30-26(28)22-13-11-21(12-14-22)20-9-7-19(4-2)8-10-20/h15-22H,3-14H2,1-2H3. The second kappa shape index (κ2) is 11.5. The molecule has 166 valence electrons. The molecule has 0 atom stereocenters. The summed E-state index contributed by atoms with van der Waals surface area (Å²) in [6.07, 6.45) is 13.3. The number of unbranched alkanes of at least 4 members (excludes halogenated alkanes) is 1. The zero-order chi connectivity index (χ0) is 21.3. The predicted octanol–water partition coefficient (Wildman–Crippen LogP) is 6.71. The lowest BCUT2D eigenvalue weighted by molar-refractivity contribution is -0.140. The van der Waals surface area contributed by atoms with Crippen molar-refractivity contribution in [1.82, 2.24) is 0 Å². The Morgan fingerprint density at radius 2 is 1.33 bits per heavy atom. The molecule has 1 aromatic rings. The summed E-state index contributed by atoms with van der Waals surface area (Å²) in [6, 6.07) is 6.79. The van der Waals surface area contributed by atoms with Gasteiger partial charge in [0.25, 0.3) is 0 Å². The van der Waals surface area contributed by atoms with Crippen LogP contribution in [0.3, 0.4) is 0 Å². The number of benzene rings is 1. The molecule has 1 aromatic carbocycles. The Balaban J connectivity index is 1.41. The second-order valence-electron chi connectivity index (χ2n) is 9.27. The summed E-state index contributed by atoms with van der Waals surface area (Å²) in [4.78, 5) is 24.3. The quantitative estimate of drug-likeness (QED) is 0.350. The van der Waals surface area contributed by atoms with Crippen LogP contribution < -0.4 is 9.47 Å². The summed E-state index contributed by atoms with van der Waals surface area (Å²) in [5, 5.41) is 0. The van der Waals surface area contributed by atoms with Gasteiger partial charge in [0, 0.05) is 6.42 Å². The molecule has 0 aliphatic heterocycles. The van der Waals surface area contributed by atoms with Crippen molar-refractivity contribution in [3.63, 3.8) is 0 Å². The van der Waals surface area contributed by atoms with E-state index in [1.165, 1.54) is 32.1 Å². The molecule has 0 unspecified atom stereocenters. The first-order chi connectivity index (χ1) is 14.6. The van der Waals surface area contributed by atoms with Gasteiger partial charge in [0.1, 0.15) is 11.5 Å². The number of rotatable bonds is 8. The van der Waals surface area contributed by atoms with E-state index in [0.29, 0.717) is 17.9 Å². The Bertz CT molecular complexity index is 665. The lowest BCUT2D eigenvalue weighted by atomic mass is 9.69. The van der Waals surface area contributed by atoms with Gasteiger partial charge in [-0.3, -0.25) is 9.59 Å². The molecule has 0 spiro atoms. The van der Waals surface area contributed by atoms with Crippen molar-refractivity contribution in [2.45, 2.75) is 90.9 Å². The largest absolute Gasteiger partial charge is 0.427 e. The highest BCUT2D eigenvalue weighted by atomic mass is 16.5. The molecule has 2 fully saturated rings. The highest BCUT2D eigenvalue weighted by Crippen LogP contribution is 2.42. The first-order valence-electron chi connectivity index (χ1n) is 12.1. The Morgan fingerprint density at radius 3 is 1.87 bits per heavy atom. The van der Waals surface area contributed by atoms with Gasteiger partial charge in [-0.25, -0.2) is 0 Å². The molecular weight excluding hydrogens is 376 g/mol. The van der Waals surface area contributed by atoms with Crippen LogP contribution in [-0.4, -0.2) is 11.9 Å². The average molecular weight is 415 g/mol. The SMILES string of the molecule is CCCCC(=O)Oc1ccc(OC(=O)C2CCC(C3CCC(CC)CC3)CC2)cc1. The van der Waals surface area contributed by atoms with E-state index < -0.39 is 0 Å². The summed E-state index contributed by atoms with van der Waals surface area (Å²) in [5.74, 6) is 3.31. The van der Waals surface area contributed by atoms with Gasteiger partial charge < -0.3 is 9.47 Å². The van der Waals surface area contributed by atoms with Crippen LogP contribution in [0.25, 0.3) is 0 Å². The van der Waals surface area contributed by atoms with Crippen LogP contribution in [0.2, 0.25) is 0 Å². The van der Waals surface area contributed by atoms with Crippen molar-refractivity contribution < 1.29 is 19.1 Å². The van der Waals surface area contributed by atoms with E-state index in [-0.39, 0.29) is 17.9 Å². The van der Waals surface area contributed by atoms with Crippen LogP contribution in [0, 0.1) is 23.7 Å². The Labute approximate surface area is 181 Å². The number of esters is 2. The number of carbonyl (C=O) groups is 2. The average Bonchev–Trinajstić information content (AvgIpc) is 2.79. The molecule has 2 saturated carbocycles. The second-order valence-corrected chi connectivity index (χ2v) is 9.27. The summed E-state index contributed by atoms with van der Waals surface area (Å²) < 4.78 is 10.9. The monoisotopic (exact) mass is 414 g/mol. The fraction of sp³-hybridized carbons (Fsp3) is 0.692. The van der Waals surface area contributed by atoms with E-state index in [4.69, 9.17) is 9.47 Å². The van der Waals surface area contributed by atoms with Crippen molar-refractivity contribution in [2.75, 3.05) is 0 Å². The number of hydrogen-bond acceptors (Lipinski definition) is 4. The van der Waals surface area contributed by atoms with Crippen LogP contribution in [0.4, 0.5) is 0 Å². The van der Waals surface area contributed by atoms with Gasteiger partial charge >= 0.3 is 11.9 Å². The highest BCUT2D eigenvalue weighted by Gasteiger charge is 2.33. The van der Waals surface area contributed by atoms with Gasteiger partial charge in [-0.1, -0.05) is 39.5 Å². The van der Waals surface area contributed by atoms with Gasteiger partial charge in [0.15, 0.2) is 0 Å². The molecule has 3 rings (SSSR count). The summed E-state index contributed by atoms with van der Waals surface area (Å²) >= 11 is 0. The molecular formula is C26H38O4. The van der Waals surface area contributed by atoms with Crippen LogP contribution >= 0.6 is 0 Å². The van der Waals surface area contributed by atoms with Gasteiger partial charge in [-0.2, -0.15) is 0 Å². The van der Waals surface area contributed by atoms with Gasteiger partial charge in [0.2, 0.25) is 0 Å². The minimum absolute atomic E-state index is 0.0137. The Hall–Kier alpha value is -1.84. The minimum Gasteiger partial charge on any atom is -0.427 e. The van der Waals surface area contributed by atoms with Gasteiger partial charge in [-0.15, -0.1) is 0 Å². The first-order valence-corrected chi connectivity index (χ1v) is 12.1.